The third-order valence-corrected chi connectivity index (χ3v) is 3.64. The van der Waals surface area contributed by atoms with E-state index in [4.69, 9.17) is 11.6 Å². The number of hydrogen-bond acceptors (Lipinski definition) is 1. The Morgan fingerprint density at radius 1 is 1.06 bits per heavy atom. The van der Waals surface area contributed by atoms with Crippen molar-refractivity contribution < 1.29 is 13.6 Å². The predicted molar refractivity (Wildman–Crippen MR) is 68.9 cm³/mol. The zero-order valence-corrected chi connectivity index (χ0v) is 11.2. The van der Waals surface area contributed by atoms with E-state index in [0.717, 1.165) is 12.1 Å². The largest absolute Gasteiger partial charge is 0.288 e. The molecule has 5 heteroatoms. The molecule has 0 bridgehead atoms. The van der Waals surface area contributed by atoms with Gasteiger partial charge >= 0.3 is 0 Å². The Bertz CT molecular complexity index is 611. The summed E-state index contributed by atoms with van der Waals surface area (Å²) in [5.74, 6) is -1.79. The Kier molecular flexibility index (Phi) is 3.78. The molecule has 0 fully saturated rings. The van der Waals surface area contributed by atoms with Gasteiger partial charge in [-0.1, -0.05) is 11.6 Å². The van der Waals surface area contributed by atoms with E-state index in [9.17, 15) is 13.6 Å². The molecule has 0 aliphatic carbocycles. The summed E-state index contributed by atoms with van der Waals surface area (Å²) < 4.78 is 26.9. The molecule has 2 rings (SSSR count). The van der Waals surface area contributed by atoms with Crippen LogP contribution in [0.4, 0.5) is 8.78 Å². The Hall–Kier alpha value is -1.26. The molecular weight excluding hydrogens is 325 g/mol. The van der Waals surface area contributed by atoms with Gasteiger partial charge in [-0.05, 0) is 52.3 Å². The van der Waals surface area contributed by atoms with Gasteiger partial charge in [-0.25, -0.2) is 8.78 Å². The second-order valence-corrected chi connectivity index (χ2v) is 4.79. The number of ketones is 1. The molecule has 92 valence electrons. The highest BCUT2D eigenvalue weighted by Gasteiger charge is 2.17. The number of hydrogen-bond donors (Lipinski definition) is 0. The fourth-order valence-electron chi connectivity index (χ4n) is 1.46. The van der Waals surface area contributed by atoms with Gasteiger partial charge in [-0.2, -0.15) is 0 Å². The normalized spacial score (nSPS) is 10.4. The molecule has 0 N–H and O–H groups in total. The lowest BCUT2D eigenvalue weighted by Gasteiger charge is -2.05. The van der Waals surface area contributed by atoms with Crippen molar-refractivity contribution in [2.24, 2.45) is 0 Å². The maximum atomic E-state index is 13.8. The van der Waals surface area contributed by atoms with Crippen LogP contribution in [0, 0.1) is 11.6 Å². The maximum Gasteiger partial charge on any atom is 0.196 e. The number of rotatable bonds is 2. The molecule has 0 saturated carbocycles. The molecule has 0 aliphatic heterocycles. The van der Waals surface area contributed by atoms with Crippen LogP contribution >= 0.6 is 27.5 Å². The quantitative estimate of drug-likeness (QED) is 0.580. The van der Waals surface area contributed by atoms with E-state index in [1.54, 1.807) is 0 Å². The first kappa shape index (κ1) is 13.2. The standard InChI is InChI=1S/C13H6BrClF2O/c14-10-6-5-9(12(17)11(10)15)13(18)7-1-3-8(16)4-2-7/h1-6H. The van der Waals surface area contributed by atoms with Gasteiger partial charge in [0.25, 0.3) is 0 Å². The van der Waals surface area contributed by atoms with Crippen molar-refractivity contribution in [3.8, 4) is 0 Å². The van der Waals surface area contributed by atoms with E-state index in [-0.39, 0.29) is 16.1 Å². The van der Waals surface area contributed by atoms with Crippen molar-refractivity contribution in [3.63, 3.8) is 0 Å². The van der Waals surface area contributed by atoms with Crippen LogP contribution in [0.5, 0.6) is 0 Å². The average Bonchev–Trinajstić information content (AvgIpc) is 2.36. The van der Waals surface area contributed by atoms with Crippen molar-refractivity contribution in [1.82, 2.24) is 0 Å². The fourth-order valence-corrected chi connectivity index (χ4v) is 1.93. The van der Waals surface area contributed by atoms with Gasteiger partial charge in [0.1, 0.15) is 5.82 Å². The highest BCUT2D eigenvalue weighted by molar-refractivity contribution is 9.10. The van der Waals surface area contributed by atoms with Gasteiger partial charge in [0.2, 0.25) is 0 Å². The van der Waals surface area contributed by atoms with Gasteiger partial charge in [0.15, 0.2) is 11.6 Å². The highest BCUT2D eigenvalue weighted by Crippen LogP contribution is 2.28. The van der Waals surface area contributed by atoms with Gasteiger partial charge in [-0.3, -0.25) is 4.79 Å². The van der Waals surface area contributed by atoms with Crippen LogP contribution < -0.4 is 0 Å². The Labute approximate surface area is 116 Å². The summed E-state index contributed by atoms with van der Waals surface area (Å²) in [7, 11) is 0. The average molecular weight is 332 g/mol. The third kappa shape index (κ3) is 2.44. The van der Waals surface area contributed by atoms with Gasteiger partial charge < -0.3 is 0 Å². The Morgan fingerprint density at radius 2 is 1.67 bits per heavy atom. The molecule has 0 radical (unpaired) electrons. The summed E-state index contributed by atoms with van der Waals surface area (Å²) in [6, 6.07) is 7.70. The molecule has 0 aliphatic rings. The molecule has 0 spiro atoms. The van der Waals surface area contributed by atoms with Crippen molar-refractivity contribution in [3.05, 3.63) is 68.7 Å². The number of halogens is 4. The predicted octanol–water partition coefficient (Wildman–Crippen LogP) is 4.61. The van der Waals surface area contributed by atoms with Crippen molar-refractivity contribution in [1.29, 1.82) is 0 Å². The van der Waals surface area contributed by atoms with Gasteiger partial charge in [0, 0.05) is 10.0 Å². The second kappa shape index (κ2) is 5.16. The van der Waals surface area contributed by atoms with E-state index in [2.05, 4.69) is 15.9 Å². The summed E-state index contributed by atoms with van der Waals surface area (Å²) in [4.78, 5) is 12.0. The topological polar surface area (TPSA) is 17.1 Å². The molecule has 18 heavy (non-hydrogen) atoms. The molecule has 0 amide bonds. The van der Waals surface area contributed by atoms with E-state index in [0.29, 0.717) is 4.47 Å². The SMILES string of the molecule is O=C(c1ccc(F)cc1)c1ccc(Br)c(Cl)c1F. The van der Waals surface area contributed by atoms with Crippen LogP contribution in [0.15, 0.2) is 40.9 Å². The lowest BCUT2D eigenvalue weighted by atomic mass is 10.0. The zero-order chi connectivity index (χ0) is 13.3. The van der Waals surface area contributed by atoms with Gasteiger partial charge in [-0.15, -0.1) is 0 Å². The summed E-state index contributed by atoms with van der Waals surface area (Å²) in [5.41, 5.74) is 0.0588. The van der Waals surface area contributed by atoms with E-state index < -0.39 is 17.4 Å². The van der Waals surface area contributed by atoms with E-state index in [1.165, 1.54) is 24.3 Å². The molecule has 0 heterocycles. The molecule has 2 aromatic carbocycles. The maximum absolute atomic E-state index is 13.8. The minimum Gasteiger partial charge on any atom is -0.288 e. The van der Waals surface area contributed by atoms with Crippen LogP contribution in [-0.2, 0) is 0 Å². The Morgan fingerprint density at radius 3 is 2.28 bits per heavy atom. The minimum atomic E-state index is -0.791. The van der Waals surface area contributed by atoms with E-state index >= 15 is 0 Å². The lowest BCUT2D eigenvalue weighted by Crippen LogP contribution is -2.05. The molecule has 0 atom stereocenters. The highest BCUT2D eigenvalue weighted by atomic mass is 79.9. The summed E-state index contributed by atoms with van der Waals surface area (Å²) in [6.45, 7) is 0. The van der Waals surface area contributed by atoms with Crippen LogP contribution in [0.25, 0.3) is 0 Å². The molecule has 0 unspecified atom stereocenters. The summed E-state index contributed by atoms with van der Waals surface area (Å²) in [6.07, 6.45) is 0. The van der Waals surface area contributed by atoms with Crippen molar-refractivity contribution in [2.45, 2.75) is 0 Å². The van der Waals surface area contributed by atoms with E-state index in [1.807, 2.05) is 0 Å². The molecule has 1 nitrogen and oxygen atoms in total. The second-order valence-electron chi connectivity index (χ2n) is 3.56. The number of benzene rings is 2. The monoisotopic (exact) mass is 330 g/mol. The first-order valence-corrected chi connectivity index (χ1v) is 6.11. The van der Waals surface area contributed by atoms with Crippen molar-refractivity contribution in [2.75, 3.05) is 0 Å². The molecular formula is C13H6BrClF2O. The zero-order valence-electron chi connectivity index (χ0n) is 8.88. The Balaban J connectivity index is 2.46. The number of carbonyl (C=O) groups excluding carboxylic acids is 1. The first-order valence-electron chi connectivity index (χ1n) is 4.94. The fraction of sp³-hybridized carbons (Fsp3) is 0. The van der Waals surface area contributed by atoms with Crippen LogP contribution in [0.1, 0.15) is 15.9 Å². The minimum absolute atomic E-state index is 0.144. The molecule has 0 aromatic heterocycles. The third-order valence-electron chi connectivity index (χ3n) is 2.39. The summed E-state index contributed by atoms with van der Waals surface area (Å²) in [5, 5.41) is -0.150. The van der Waals surface area contributed by atoms with Crippen molar-refractivity contribution >= 4 is 33.3 Å². The summed E-state index contributed by atoms with van der Waals surface area (Å²) >= 11 is 8.77. The molecule has 0 saturated heterocycles. The van der Waals surface area contributed by atoms with Gasteiger partial charge in [0.05, 0.1) is 10.6 Å². The smallest absolute Gasteiger partial charge is 0.196 e. The van der Waals surface area contributed by atoms with Crippen LogP contribution in [0.3, 0.4) is 0 Å². The van der Waals surface area contributed by atoms with Crippen LogP contribution in [0.2, 0.25) is 5.02 Å². The van der Waals surface area contributed by atoms with Crippen LogP contribution in [-0.4, -0.2) is 5.78 Å². The lowest BCUT2D eigenvalue weighted by molar-refractivity contribution is 0.103. The first-order chi connectivity index (χ1) is 8.50. The number of carbonyl (C=O) groups is 1. The molecule has 2 aromatic rings.